The van der Waals surface area contributed by atoms with Gasteiger partial charge in [0.1, 0.15) is 6.54 Å². The largest absolute Gasteiger partial charge is 0.383 e. The quantitative estimate of drug-likeness (QED) is 0.226. The molecular weight excluding hydrogens is 433 g/mol. The first kappa shape index (κ1) is 24.1. The van der Waals surface area contributed by atoms with Crippen LogP contribution in [0.5, 0.6) is 0 Å². The summed E-state index contributed by atoms with van der Waals surface area (Å²) in [5.41, 5.74) is 0.970. The summed E-state index contributed by atoms with van der Waals surface area (Å²) in [6.45, 7) is 11.2. The fourth-order valence-corrected chi connectivity index (χ4v) is 2.09. The molecule has 146 valence electrons. The van der Waals surface area contributed by atoms with Gasteiger partial charge in [0, 0.05) is 32.8 Å². The first-order chi connectivity index (χ1) is 11.6. The number of aliphatic imine (C=N–C) groups is 1. The van der Waals surface area contributed by atoms with Gasteiger partial charge in [0.15, 0.2) is 11.7 Å². The number of aromatic nitrogens is 1. The Bertz CT molecular complexity index is 479. The molecular formula is C17H34IN5O2. The van der Waals surface area contributed by atoms with Crippen molar-refractivity contribution in [3.63, 3.8) is 0 Å². The zero-order valence-corrected chi connectivity index (χ0v) is 18.5. The SMILES string of the molecule is CCNC(=NCc1cc(C(C)C)no1)NCCCN(C)CCOC.I. The Labute approximate surface area is 169 Å². The first-order valence-corrected chi connectivity index (χ1v) is 8.72. The van der Waals surface area contributed by atoms with Crippen molar-refractivity contribution in [1.82, 2.24) is 20.7 Å². The Morgan fingerprint density at radius 2 is 2.12 bits per heavy atom. The molecule has 1 aromatic heterocycles. The standard InChI is InChI=1S/C17H33N5O2.HI/c1-6-18-17(19-8-7-9-22(4)10-11-23-5)20-13-15-12-16(14(2)3)21-24-15;/h12,14H,6-11,13H2,1-5H3,(H2,18,19,20);1H. The van der Waals surface area contributed by atoms with Crippen LogP contribution in [0.2, 0.25) is 0 Å². The molecule has 1 rings (SSSR count). The second-order valence-electron chi connectivity index (χ2n) is 6.14. The number of methoxy groups -OCH3 is 1. The van der Waals surface area contributed by atoms with Crippen molar-refractivity contribution in [2.75, 3.05) is 46.9 Å². The van der Waals surface area contributed by atoms with Gasteiger partial charge in [-0.1, -0.05) is 19.0 Å². The van der Waals surface area contributed by atoms with Gasteiger partial charge in [-0.3, -0.25) is 0 Å². The molecule has 0 aliphatic rings. The van der Waals surface area contributed by atoms with Gasteiger partial charge in [0.05, 0.1) is 12.3 Å². The Hall–Kier alpha value is -0.870. The summed E-state index contributed by atoms with van der Waals surface area (Å²) in [6.07, 6.45) is 1.05. The molecule has 0 spiro atoms. The van der Waals surface area contributed by atoms with E-state index in [2.05, 4.69) is 53.5 Å². The zero-order valence-electron chi connectivity index (χ0n) is 16.2. The van der Waals surface area contributed by atoms with Crippen LogP contribution in [-0.4, -0.2) is 63.0 Å². The lowest BCUT2D eigenvalue weighted by molar-refractivity contribution is 0.161. The summed E-state index contributed by atoms with van der Waals surface area (Å²) >= 11 is 0. The van der Waals surface area contributed by atoms with Gasteiger partial charge in [-0.05, 0) is 32.9 Å². The molecule has 0 unspecified atom stereocenters. The predicted molar refractivity (Wildman–Crippen MR) is 113 cm³/mol. The molecule has 0 aliphatic heterocycles. The summed E-state index contributed by atoms with van der Waals surface area (Å²) in [5, 5.41) is 10.7. The smallest absolute Gasteiger partial charge is 0.191 e. The maximum atomic E-state index is 5.32. The third kappa shape index (κ3) is 10.7. The van der Waals surface area contributed by atoms with Crippen LogP contribution in [0.4, 0.5) is 0 Å². The van der Waals surface area contributed by atoms with Gasteiger partial charge in [0.25, 0.3) is 0 Å². The lowest BCUT2D eigenvalue weighted by Gasteiger charge is -2.16. The maximum absolute atomic E-state index is 5.32. The molecule has 25 heavy (non-hydrogen) atoms. The number of likely N-dealkylation sites (N-methyl/N-ethyl adjacent to an activating group) is 1. The monoisotopic (exact) mass is 467 g/mol. The molecule has 0 saturated heterocycles. The van der Waals surface area contributed by atoms with Crippen LogP contribution in [0, 0.1) is 0 Å². The Morgan fingerprint density at radius 3 is 2.72 bits per heavy atom. The third-order valence-electron chi connectivity index (χ3n) is 3.59. The van der Waals surface area contributed by atoms with Gasteiger partial charge >= 0.3 is 0 Å². The van der Waals surface area contributed by atoms with E-state index in [1.807, 2.05) is 6.07 Å². The number of nitrogens with zero attached hydrogens (tertiary/aromatic N) is 3. The van der Waals surface area contributed by atoms with Crippen molar-refractivity contribution in [3.8, 4) is 0 Å². The lowest BCUT2D eigenvalue weighted by Crippen LogP contribution is -2.38. The number of nitrogens with one attached hydrogen (secondary N) is 2. The number of guanidine groups is 1. The average molecular weight is 467 g/mol. The van der Waals surface area contributed by atoms with Crippen molar-refractivity contribution >= 4 is 29.9 Å². The van der Waals surface area contributed by atoms with Crippen molar-refractivity contribution in [1.29, 1.82) is 0 Å². The molecule has 0 aromatic carbocycles. The van der Waals surface area contributed by atoms with Gasteiger partial charge in [-0.2, -0.15) is 0 Å². The fourth-order valence-electron chi connectivity index (χ4n) is 2.09. The molecule has 8 heteroatoms. The van der Waals surface area contributed by atoms with Crippen molar-refractivity contribution in [3.05, 3.63) is 17.5 Å². The van der Waals surface area contributed by atoms with E-state index in [0.29, 0.717) is 12.5 Å². The maximum Gasteiger partial charge on any atom is 0.191 e. The van der Waals surface area contributed by atoms with Gasteiger partial charge in [-0.25, -0.2) is 4.99 Å². The number of halogens is 1. The molecule has 0 amide bonds. The van der Waals surface area contributed by atoms with Gasteiger partial charge in [-0.15, -0.1) is 24.0 Å². The molecule has 0 atom stereocenters. The molecule has 1 aromatic rings. The minimum atomic E-state index is 0. The van der Waals surface area contributed by atoms with Crippen molar-refractivity contribution < 1.29 is 9.26 Å². The van der Waals surface area contributed by atoms with Crippen LogP contribution in [-0.2, 0) is 11.3 Å². The molecule has 1 heterocycles. The molecule has 0 bridgehead atoms. The zero-order chi connectivity index (χ0) is 17.8. The van der Waals surface area contributed by atoms with E-state index in [0.717, 1.165) is 56.6 Å². The molecule has 7 nitrogen and oxygen atoms in total. The van der Waals surface area contributed by atoms with Crippen LogP contribution in [0.1, 0.15) is 44.6 Å². The van der Waals surface area contributed by atoms with Crippen LogP contribution in [0.3, 0.4) is 0 Å². The van der Waals surface area contributed by atoms with E-state index >= 15 is 0 Å². The Balaban J connectivity index is 0.00000576. The molecule has 0 saturated carbocycles. The van der Waals surface area contributed by atoms with Crippen LogP contribution >= 0.6 is 24.0 Å². The highest BCUT2D eigenvalue weighted by molar-refractivity contribution is 14.0. The highest BCUT2D eigenvalue weighted by Crippen LogP contribution is 2.14. The summed E-state index contributed by atoms with van der Waals surface area (Å²) < 4.78 is 10.4. The highest BCUT2D eigenvalue weighted by atomic mass is 127. The minimum Gasteiger partial charge on any atom is -0.383 e. The van der Waals surface area contributed by atoms with E-state index in [1.54, 1.807) is 7.11 Å². The topological polar surface area (TPSA) is 74.9 Å². The molecule has 0 radical (unpaired) electrons. The summed E-state index contributed by atoms with van der Waals surface area (Å²) in [7, 11) is 3.84. The second-order valence-corrected chi connectivity index (χ2v) is 6.14. The normalized spacial score (nSPS) is 11.7. The predicted octanol–water partition coefficient (Wildman–Crippen LogP) is 2.44. The van der Waals surface area contributed by atoms with Gasteiger partial charge in [0.2, 0.25) is 0 Å². The van der Waals surface area contributed by atoms with E-state index in [1.165, 1.54) is 0 Å². The highest BCUT2D eigenvalue weighted by Gasteiger charge is 2.07. The molecule has 2 N–H and O–H groups in total. The van der Waals surface area contributed by atoms with Crippen LogP contribution < -0.4 is 10.6 Å². The van der Waals surface area contributed by atoms with E-state index in [9.17, 15) is 0 Å². The fraction of sp³-hybridized carbons (Fsp3) is 0.765. The van der Waals surface area contributed by atoms with E-state index < -0.39 is 0 Å². The summed E-state index contributed by atoms with van der Waals surface area (Å²) in [4.78, 5) is 6.81. The van der Waals surface area contributed by atoms with E-state index in [4.69, 9.17) is 9.26 Å². The second kappa shape index (κ2) is 14.3. The minimum absolute atomic E-state index is 0. The van der Waals surface area contributed by atoms with E-state index in [-0.39, 0.29) is 24.0 Å². The van der Waals surface area contributed by atoms with Crippen molar-refractivity contribution in [2.45, 2.75) is 39.7 Å². The van der Waals surface area contributed by atoms with Gasteiger partial charge < -0.3 is 24.8 Å². The van der Waals surface area contributed by atoms with Crippen LogP contribution in [0.25, 0.3) is 0 Å². The summed E-state index contributed by atoms with van der Waals surface area (Å²) in [6, 6.07) is 1.97. The third-order valence-corrected chi connectivity index (χ3v) is 3.59. The first-order valence-electron chi connectivity index (χ1n) is 8.72. The Morgan fingerprint density at radius 1 is 1.36 bits per heavy atom. The Kier molecular flexibility index (Phi) is 13.8. The number of hydrogen-bond acceptors (Lipinski definition) is 5. The molecule has 0 fully saturated rings. The summed E-state index contributed by atoms with van der Waals surface area (Å²) in [5.74, 6) is 1.96. The van der Waals surface area contributed by atoms with Crippen LogP contribution in [0.15, 0.2) is 15.6 Å². The number of hydrogen-bond donors (Lipinski definition) is 2. The number of rotatable bonds is 11. The average Bonchev–Trinajstić information content (AvgIpc) is 3.03. The number of ether oxygens (including phenoxy) is 1. The van der Waals surface area contributed by atoms with Crippen molar-refractivity contribution in [2.24, 2.45) is 4.99 Å². The lowest BCUT2D eigenvalue weighted by atomic mass is 10.1. The molecule has 0 aliphatic carbocycles.